The van der Waals surface area contributed by atoms with Gasteiger partial charge in [-0.25, -0.2) is 0 Å². The lowest BCUT2D eigenvalue weighted by Crippen LogP contribution is -2.54. The predicted molar refractivity (Wildman–Crippen MR) is 137 cm³/mol. The number of para-hydroxylation sites is 1. The molecule has 2 aliphatic heterocycles. The van der Waals surface area contributed by atoms with Crippen molar-refractivity contribution in [3.05, 3.63) is 59.2 Å². The number of aryl methyl sites for hydroxylation is 2. The van der Waals surface area contributed by atoms with Crippen LogP contribution in [0, 0.1) is 12.3 Å². The highest BCUT2D eigenvalue weighted by atomic mass is 16.5. The van der Waals surface area contributed by atoms with Crippen molar-refractivity contribution in [1.29, 1.82) is 0 Å². The SMILES string of the molecule is COc1ccc(C)cc1CC(=O)N1CCCC2(CCCCc3ccccc3OCCN(C)C2=O)C1. The molecule has 2 heterocycles. The molecule has 2 aromatic rings. The largest absolute Gasteiger partial charge is 0.496 e. The lowest BCUT2D eigenvalue weighted by atomic mass is 9.74. The van der Waals surface area contributed by atoms with Gasteiger partial charge in [-0.2, -0.15) is 0 Å². The molecule has 0 bridgehead atoms. The van der Waals surface area contributed by atoms with E-state index in [1.807, 2.05) is 54.1 Å². The van der Waals surface area contributed by atoms with E-state index in [0.717, 1.165) is 61.2 Å². The van der Waals surface area contributed by atoms with Gasteiger partial charge in [0.25, 0.3) is 0 Å². The lowest BCUT2D eigenvalue weighted by molar-refractivity contribution is -0.149. The van der Waals surface area contributed by atoms with Crippen LogP contribution in [0.4, 0.5) is 0 Å². The van der Waals surface area contributed by atoms with E-state index in [9.17, 15) is 9.59 Å². The number of rotatable bonds is 3. The van der Waals surface area contributed by atoms with E-state index in [0.29, 0.717) is 26.2 Å². The van der Waals surface area contributed by atoms with Gasteiger partial charge in [-0.3, -0.25) is 9.59 Å². The molecule has 2 amide bonds. The molecule has 0 saturated carbocycles. The number of piperidine rings is 1. The Bertz CT molecular complexity index is 1050. The van der Waals surface area contributed by atoms with E-state index in [1.54, 1.807) is 7.11 Å². The summed E-state index contributed by atoms with van der Waals surface area (Å²) in [6, 6.07) is 14.1. The minimum absolute atomic E-state index is 0.0619. The predicted octanol–water partition coefficient (Wildman–Crippen LogP) is 4.42. The fourth-order valence-corrected chi connectivity index (χ4v) is 5.58. The Morgan fingerprint density at radius 2 is 1.89 bits per heavy atom. The summed E-state index contributed by atoms with van der Waals surface area (Å²) >= 11 is 0. The molecule has 35 heavy (non-hydrogen) atoms. The summed E-state index contributed by atoms with van der Waals surface area (Å²) in [5, 5.41) is 0. The first-order valence-electron chi connectivity index (χ1n) is 12.8. The molecule has 1 saturated heterocycles. The van der Waals surface area contributed by atoms with Crippen molar-refractivity contribution in [2.45, 2.75) is 51.9 Å². The van der Waals surface area contributed by atoms with Crippen LogP contribution in [-0.2, 0) is 22.4 Å². The van der Waals surface area contributed by atoms with Gasteiger partial charge in [-0.1, -0.05) is 42.3 Å². The fraction of sp³-hybridized carbons (Fsp3) is 0.517. The molecule has 1 unspecified atom stereocenters. The number of likely N-dealkylation sites (tertiary alicyclic amines) is 1. The smallest absolute Gasteiger partial charge is 0.230 e. The maximum atomic E-state index is 13.8. The van der Waals surface area contributed by atoms with Gasteiger partial charge >= 0.3 is 0 Å². The number of nitrogens with zero attached hydrogens (tertiary/aromatic N) is 2. The second kappa shape index (κ2) is 11.1. The molecule has 1 fully saturated rings. The quantitative estimate of drug-likeness (QED) is 0.655. The molecule has 1 atom stereocenters. The van der Waals surface area contributed by atoms with Gasteiger partial charge in [0.2, 0.25) is 11.8 Å². The van der Waals surface area contributed by atoms with Crippen LogP contribution >= 0.6 is 0 Å². The van der Waals surface area contributed by atoms with Crippen molar-refractivity contribution in [2.24, 2.45) is 5.41 Å². The summed E-state index contributed by atoms with van der Waals surface area (Å²) in [7, 11) is 3.50. The van der Waals surface area contributed by atoms with E-state index >= 15 is 0 Å². The van der Waals surface area contributed by atoms with Crippen LogP contribution in [0.25, 0.3) is 0 Å². The minimum atomic E-state index is -0.530. The van der Waals surface area contributed by atoms with E-state index in [2.05, 4.69) is 12.1 Å². The molecule has 1 spiro atoms. The van der Waals surface area contributed by atoms with Crippen molar-refractivity contribution < 1.29 is 19.1 Å². The lowest BCUT2D eigenvalue weighted by Gasteiger charge is -2.44. The molecule has 0 aliphatic carbocycles. The number of benzene rings is 2. The van der Waals surface area contributed by atoms with Crippen LogP contribution < -0.4 is 9.47 Å². The number of amides is 2. The minimum Gasteiger partial charge on any atom is -0.496 e. The first-order valence-corrected chi connectivity index (χ1v) is 12.8. The van der Waals surface area contributed by atoms with Crippen molar-refractivity contribution in [1.82, 2.24) is 9.80 Å². The Morgan fingerprint density at radius 1 is 1.09 bits per heavy atom. The summed E-state index contributed by atoms with van der Waals surface area (Å²) < 4.78 is 11.5. The van der Waals surface area contributed by atoms with Gasteiger partial charge in [0.1, 0.15) is 18.1 Å². The Kier molecular flexibility index (Phi) is 7.99. The van der Waals surface area contributed by atoms with Gasteiger partial charge in [0, 0.05) is 25.7 Å². The number of fused-ring (bicyclic) bond motifs is 1. The van der Waals surface area contributed by atoms with Crippen molar-refractivity contribution >= 4 is 11.8 Å². The topological polar surface area (TPSA) is 59.1 Å². The number of ether oxygens (including phenoxy) is 2. The summed E-state index contributed by atoms with van der Waals surface area (Å²) in [5.41, 5.74) is 2.69. The third kappa shape index (κ3) is 5.80. The average Bonchev–Trinajstić information content (AvgIpc) is 2.86. The van der Waals surface area contributed by atoms with Gasteiger partial charge in [0.05, 0.1) is 25.5 Å². The van der Waals surface area contributed by atoms with E-state index < -0.39 is 5.41 Å². The normalized spacial score (nSPS) is 21.5. The first kappa shape index (κ1) is 25.1. The summed E-state index contributed by atoms with van der Waals surface area (Å²) in [6.07, 6.45) is 5.63. The molecule has 188 valence electrons. The molecule has 6 heteroatoms. The Balaban J connectivity index is 1.51. The summed E-state index contributed by atoms with van der Waals surface area (Å²) in [5.74, 6) is 1.86. The second-order valence-corrected chi connectivity index (χ2v) is 10.1. The number of carbonyl (C=O) groups excluding carboxylic acids is 2. The number of likely N-dealkylation sites (N-methyl/N-ethyl adjacent to an activating group) is 1. The maximum absolute atomic E-state index is 13.8. The monoisotopic (exact) mass is 478 g/mol. The zero-order chi connectivity index (χ0) is 24.8. The summed E-state index contributed by atoms with van der Waals surface area (Å²) in [6.45, 7) is 4.20. The van der Waals surface area contributed by atoms with Gasteiger partial charge < -0.3 is 19.3 Å². The molecule has 4 rings (SSSR count). The Morgan fingerprint density at radius 3 is 2.71 bits per heavy atom. The molecular weight excluding hydrogens is 440 g/mol. The number of methoxy groups -OCH3 is 1. The van der Waals surface area contributed by atoms with Crippen LogP contribution in [0.2, 0.25) is 0 Å². The van der Waals surface area contributed by atoms with E-state index in [4.69, 9.17) is 9.47 Å². The zero-order valence-corrected chi connectivity index (χ0v) is 21.3. The average molecular weight is 479 g/mol. The molecule has 2 aliphatic rings. The summed E-state index contributed by atoms with van der Waals surface area (Å²) in [4.78, 5) is 30.9. The number of hydrogen-bond acceptors (Lipinski definition) is 4. The van der Waals surface area contributed by atoms with Crippen LogP contribution in [0.3, 0.4) is 0 Å². The molecule has 0 aromatic heterocycles. The van der Waals surface area contributed by atoms with Crippen molar-refractivity contribution in [3.63, 3.8) is 0 Å². The highest BCUT2D eigenvalue weighted by molar-refractivity contribution is 5.85. The van der Waals surface area contributed by atoms with Crippen LogP contribution in [0.5, 0.6) is 11.5 Å². The third-order valence-corrected chi connectivity index (χ3v) is 7.52. The molecule has 2 aromatic carbocycles. The van der Waals surface area contributed by atoms with E-state index in [-0.39, 0.29) is 18.2 Å². The Hall–Kier alpha value is -3.02. The second-order valence-electron chi connectivity index (χ2n) is 10.1. The highest BCUT2D eigenvalue weighted by Gasteiger charge is 2.44. The number of carbonyl (C=O) groups is 2. The molecule has 0 radical (unpaired) electrons. The van der Waals surface area contributed by atoms with Crippen LogP contribution in [0.15, 0.2) is 42.5 Å². The van der Waals surface area contributed by atoms with Crippen LogP contribution in [0.1, 0.15) is 48.8 Å². The van der Waals surface area contributed by atoms with E-state index in [1.165, 1.54) is 5.56 Å². The van der Waals surface area contributed by atoms with Gasteiger partial charge in [-0.05, 0) is 56.7 Å². The third-order valence-electron chi connectivity index (χ3n) is 7.52. The fourth-order valence-electron chi connectivity index (χ4n) is 5.58. The molecular formula is C29H38N2O4. The zero-order valence-electron chi connectivity index (χ0n) is 21.3. The first-order chi connectivity index (χ1) is 16.9. The highest BCUT2D eigenvalue weighted by Crippen LogP contribution is 2.38. The Labute approximate surface area is 209 Å². The van der Waals surface area contributed by atoms with Gasteiger partial charge in [0.15, 0.2) is 0 Å². The number of hydrogen-bond donors (Lipinski definition) is 0. The molecule has 0 N–H and O–H groups in total. The van der Waals surface area contributed by atoms with Crippen LogP contribution in [-0.4, -0.2) is 62.0 Å². The standard InChI is InChI=1S/C29H38N2O4/c1-22-12-13-25(34-3)24(19-22)20-27(32)31-16-8-15-29(21-31)14-7-6-10-23-9-4-5-11-26(23)35-18-17-30(2)28(29)33/h4-5,9,11-13,19H,6-8,10,14-18,20-21H2,1-3H3. The van der Waals surface area contributed by atoms with Gasteiger partial charge in [-0.15, -0.1) is 0 Å². The van der Waals surface area contributed by atoms with Crippen molar-refractivity contribution in [2.75, 3.05) is 40.4 Å². The van der Waals surface area contributed by atoms with Crippen molar-refractivity contribution in [3.8, 4) is 11.5 Å². The molecule has 6 nitrogen and oxygen atoms in total. The maximum Gasteiger partial charge on any atom is 0.230 e.